The fourth-order valence-electron chi connectivity index (χ4n) is 1.58. The van der Waals surface area contributed by atoms with Gasteiger partial charge in [0.15, 0.2) is 0 Å². The topological polar surface area (TPSA) is 23.8 Å². The van der Waals surface area contributed by atoms with Gasteiger partial charge in [-0.05, 0) is 36.8 Å². The minimum absolute atomic E-state index is 0.680. The van der Waals surface area contributed by atoms with Crippen molar-refractivity contribution in [3.63, 3.8) is 0 Å². The summed E-state index contributed by atoms with van der Waals surface area (Å²) in [6.45, 7) is 2.00. The number of rotatable bonds is 1. The predicted octanol–water partition coefficient (Wildman–Crippen LogP) is 2.74. The molecule has 0 aromatic heterocycles. The Morgan fingerprint density at radius 2 is 2.17 bits per heavy atom. The molecule has 0 N–H and O–H groups in total. The molecule has 0 saturated heterocycles. The molecule has 0 amide bonds. The molecule has 1 nitrogen and oxygen atoms in total. The molecule has 0 bridgehead atoms. The van der Waals surface area contributed by atoms with Crippen molar-refractivity contribution >= 4 is 0 Å². The molecule has 12 heavy (non-hydrogen) atoms. The van der Waals surface area contributed by atoms with Gasteiger partial charge < -0.3 is 0 Å². The number of nitriles is 1. The van der Waals surface area contributed by atoms with Crippen LogP contribution in [-0.2, 0) is 0 Å². The van der Waals surface area contributed by atoms with E-state index < -0.39 is 0 Å². The first-order chi connectivity index (χ1) is 5.83. The van der Waals surface area contributed by atoms with Gasteiger partial charge in [-0.3, -0.25) is 0 Å². The fraction of sp³-hybridized carbons (Fsp3) is 0.364. The predicted molar refractivity (Wildman–Crippen MR) is 47.9 cm³/mol. The Kier molecular flexibility index (Phi) is 1.62. The number of aryl methyl sites for hydroxylation is 1. The molecule has 1 aliphatic carbocycles. The highest BCUT2D eigenvalue weighted by Gasteiger charge is 2.26. The SMILES string of the molecule is Cc1cccc(C2CC2)c1C#N. The Balaban J connectivity index is 2.53. The maximum atomic E-state index is 8.93. The van der Waals surface area contributed by atoms with Crippen LogP contribution in [0.15, 0.2) is 18.2 Å². The van der Waals surface area contributed by atoms with Gasteiger partial charge in [0.2, 0.25) is 0 Å². The molecule has 1 saturated carbocycles. The van der Waals surface area contributed by atoms with E-state index in [2.05, 4.69) is 12.1 Å². The molecule has 1 aromatic carbocycles. The summed E-state index contributed by atoms with van der Waals surface area (Å²) in [6.07, 6.45) is 2.52. The van der Waals surface area contributed by atoms with Crippen molar-refractivity contribution in [2.75, 3.05) is 0 Å². The lowest BCUT2D eigenvalue weighted by atomic mass is 10.00. The third kappa shape index (κ3) is 1.10. The summed E-state index contributed by atoms with van der Waals surface area (Å²) in [5.74, 6) is 0.680. The minimum atomic E-state index is 0.680. The largest absolute Gasteiger partial charge is 0.192 e. The first-order valence-corrected chi connectivity index (χ1v) is 4.32. The van der Waals surface area contributed by atoms with Crippen molar-refractivity contribution in [1.82, 2.24) is 0 Å². The summed E-state index contributed by atoms with van der Waals surface area (Å²) < 4.78 is 0. The molecule has 1 aromatic rings. The first kappa shape index (κ1) is 7.36. The van der Waals surface area contributed by atoms with Gasteiger partial charge in [0.05, 0.1) is 11.6 Å². The zero-order chi connectivity index (χ0) is 8.55. The summed E-state index contributed by atoms with van der Waals surface area (Å²) in [7, 11) is 0. The fourth-order valence-corrected chi connectivity index (χ4v) is 1.58. The molecular weight excluding hydrogens is 146 g/mol. The normalized spacial score (nSPS) is 15.7. The summed E-state index contributed by atoms with van der Waals surface area (Å²) in [5.41, 5.74) is 3.28. The molecule has 60 valence electrons. The maximum Gasteiger partial charge on any atom is 0.0997 e. The number of hydrogen-bond donors (Lipinski definition) is 0. The number of nitrogens with zero attached hydrogens (tertiary/aromatic N) is 1. The molecule has 0 atom stereocenters. The third-order valence-electron chi connectivity index (χ3n) is 2.43. The smallest absolute Gasteiger partial charge is 0.0997 e. The monoisotopic (exact) mass is 157 g/mol. The van der Waals surface area contributed by atoms with Crippen molar-refractivity contribution in [2.45, 2.75) is 25.7 Å². The van der Waals surface area contributed by atoms with Crippen LogP contribution in [0, 0.1) is 18.3 Å². The van der Waals surface area contributed by atoms with Crippen LogP contribution in [0.3, 0.4) is 0 Å². The van der Waals surface area contributed by atoms with Gasteiger partial charge in [0.1, 0.15) is 0 Å². The molecule has 2 rings (SSSR count). The first-order valence-electron chi connectivity index (χ1n) is 4.32. The van der Waals surface area contributed by atoms with Gasteiger partial charge in [0.25, 0.3) is 0 Å². The van der Waals surface area contributed by atoms with E-state index in [1.807, 2.05) is 19.1 Å². The number of hydrogen-bond acceptors (Lipinski definition) is 1. The second kappa shape index (κ2) is 2.64. The van der Waals surface area contributed by atoms with Crippen LogP contribution >= 0.6 is 0 Å². The van der Waals surface area contributed by atoms with E-state index in [4.69, 9.17) is 5.26 Å². The summed E-state index contributed by atoms with van der Waals surface area (Å²) >= 11 is 0. The van der Waals surface area contributed by atoms with Gasteiger partial charge >= 0.3 is 0 Å². The van der Waals surface area contributed by atoms with E-state index in [1.54, 1.807) is 0 Å². The van der Waals surface area contributed by atoms with Crippen molar-refractivity contribution in [3.05, 3.63) is 34.9 Å². The molecule has 1 aliphatic rings. The van der Waals surface area contributed by atoms with Gasteiger partial charge in [-0.15, -0.1) is 0 Å². The van der Waals surface area contributed by atoms with Crippen LogP contribution < -0.4 is 0 Å². The molecule has 0 spiro atoms. The van der Waals surface area contributed by atoms with Gasteiger partial charge in [-0.2, -0.15) is 5.26 Å². The number of benzene rings is 1. The molecule has 1 fully saturated rings. The zero-order valence-electron chi connectivity index (χ0n) is 7.17. The Hall–Kier alpha value is -1.29. The second-order valence-electron chi connectivity index (χ2n) is 3.43. The standard InChI is InChI=1S/C11H11N/c1-8-3-2-4-10(9-5-6-9)11(8)7-12/h2-4,9H,5-6H2,1H3. The van der Waals surface area contributed by atoms with E-state index in [1.165, 1.54) is 18.4 Å². The van der Waals surface area contributed by atoms with Crippen LogP contribution in [0.2, 0.25) is 0 Å². The summed E-state index contributed by atoms with van der Waals surface area (Å²) in [6, 6.07) is 8.42. The molecule has 0 heterocycles. The molecule has 0 radical (unpaired) electrons. The van der Waals surface area contributed by atoms with Crippen LogP contribution in [0.5, 0.6) is 0 Å². The highest BCUT2D eigenvalue weighted by Crippen LogP contribution is 2.41. The van der Waals surface area contributed by atoms with Crippen molar-refractivity contribution in [3.8, 4) is 6.07 Å². The van der Waals surface area contributed by atoms with Crippen LogP contribution in [0.4, 0.5) is 0 Å². The van der Waals surface area contributed by atoms with Gasteiger partial charge in [0, 0.05) is 0 Å². The highest BCUT2D eigenvalue weighted by molar-refractivity contribution is 5.46. The molecular formula is C11H11N. The van der Waals surface area contributed by atoms with Crippen molar-refractivity contribution in [2.24, 2.45) is 0 Å². The van der Waals surface area contributed by atoms with E-state index in [0.717, 1.165) is 11.1 Å². The van der Waals surface area contributed by atoms with Crippen LogP contribution in [0.1, 0.15) is 35.4 Å². The van der Waals surface area contributed by atoms with E-state index in [9.17, 15) is 0 Å². The lowest BCUT2D eigenvalue weighted by Gasteiger charge is -2.03. The molecule has 1 heteroatoms. The average molecular weight is 157 g/mol. The van der Waals surface area contributed by atoms with E-state index in [0.29, 0.717) is 5.92 Å². The lowest BCUT2D eigenvalue weighted by molar-refractivity contribution is 1.11. The zero-order valence-corrected chi connectivity index (χ0v) is 7.17. The van der Waals surface area contributed by atoms with Crippen LogP contribution in [0.25, 0.3) is 0 Å². The van der Waals surface area contributed by atoms with E-state index in [-0.39, 0.29) is 0 Å². The summed E-state index contributed by atoms with van der Waals surface area (Å²) in [5, 5.41) is 8.93. The van der Waals surface area contributed by atoms with Crippen molar-refractivity contribution < 1.29 is 0 Å². The molecule has 0 unspecified atom stereocenters. The van der Waals surface area contributed by atoms with Crippen molar-refractivity contribution in [1.29, 1.82) is 5.26 Å². The second-order valence-corrected chi connectivity index (χ2v) is 3.43. The molecule has 0 aliphatic heterocycles. The lowest BCUT2D eigenvalue weighted by Crippen LogP contribution is -1.89. The summed E-state index contributed by atoms with van der Waals surface area (Å²) in [4.78, 5) is 0. The Morgan fingerprint density at radius 1 is 1.42 bits per heavy atom. The third-order valence-corrected chi connectivity index (χ3v) is 2.43. The quantitative estimate of drug-likeness (QED) is 0.615. The van der Waals surface area contributed by atoms with Crippen LogP contribution in [-0.4, -0.2) is 0 Å². The average Bonchev–Trinajstić information content (AvgIpc) is 2.86. The maximum absolute atomic E-state index is 8.93. The highest BCUT2D eigenvalue weighted by atomic mass is 14.3. The van der Waals surface area contributed by atoms with Gasteiger partial charge in [-0.25, -0.2) is 0 Å². The Morgan fingerprint density at radius 3 is 2.75 bits per heavy atom. The Labute approximate surface area is 72.6 Å². The van der Waals surface area contributed by atoms with E-state index >= 15 is 0 Å². The minimum Gasteiger partial charge on any atom is -0.192 e. The van der Waals surface area contributed by atoms with Gasteiger partial charge in [-0.1, -0.05) is 18.2 Å². The Bertz CT molecular complexity index is 343.